The van der Waals surface area contributed by atoms with Crippen LogP contribution in [0.5, 0.6) is 0 Å². The molecule has 1 unspecified atom stereocenters. The Morgan fingerprint density at radius 1 is 1.45 bits per heavy atom. The summed E-state index contributed by atoms with van der Waals surface area (Å²) < 4.78 is 0. The van der Waals surface area contributed by atoms with E-state index in [1.165, 1.54) is 0 Å². The Bertz CT molecular complexity index is 134. The highest BCUT2D eigenvalue weighted by Gasteiger charge is 2.40. The lowest BCUT2D eigenvalue weighted by Crippen LogP contribution is -2.41. The van der Waals surface area contributed by atoms with Crippen LogP contribution in [0, 0.1) is 12.0 Å². The van der Waals surface area contributed by atoms with Crippen molar-refractivity contribution in [3.05, 3.63) is 6.10 Å². The zero-order valence-corrected chi connectivity index (χ0v) is 6.19. The number of hydrogen-bond acceptors (Lipinski definition) is 4. The van der Waals surface area contributed by atoms with Crippen LogP contribution >= 0.6 is 0 Å². The molecule has 1 radical (unpaired) electrons. The summed E-state index contributed by atoms with van der Waals surface area (Å²) in [5.74, 6) is -2.05. The summed E-state index contributed by atoms with van der Waals surface area (Å²) in [5.41, 5.74) is 0. The molecular weight excluding hydrogens is 148 g/mol. The fraction of sp³-hybridized carbons (Fsp3) is 0.857. The molecule has 4 heteroatoms. The monoisotopic (exact) mass is 161 g/mol. The second-order valence-electron chi connectivity index (χ2n) is 3.05. The zero-order chi connectivity index (χ0) is 8.48. The minimum absolute atomic E-state index is 0.0137. The highest BCUT2D eigenvalue weighted by molar-refractivity contribution is 4.97. The highest BCUT2D eigenvalue weighted by atomic mass is 16.5. The van der Waals surface area contributed by atoms with E-state index in [9.17, 15) is 0 Å². The molecule has 0 aromatic rings. The SMILES string of the molecule is OCC1CCC(O)(O)[C](O)C1. The molecule has 0 saturated heterocycles. The molecular formula is C7H13O4. The Hall–Kier alpha value is -0.160. The van der Waals surface area contributed by atoms with Gasteiger partial charge in [-0.25, -0.2) is 0 Å². The Kier molecular flexibility index (Phi) is 2.49. The minimum Gasteiger partial charge on any atom is -0.396 e. The number of aliphatic hydroxyl groups is 4. The van der Waals surface area contributed by atoms with Crippen LogP contribution in [0.3, 0.4) is 0 Å². The van der Waals surface area contributed by atoms with Gasteiger partial charge in [-0.05, 0) is 18.8 Å². The van der Waals surface area contributed by atoms with Crippen LogP contribution in [-0.4, -0.2) is 32.8 Å². The lowest BCUT2D eigenvalue weighted by atomic mass is 9.83. The second kappa shape index (κ2) is 3.06. The Labute approximate surface area is 65.1 Å². The van der Waals surface area contributed by atoms with Crippen molar-refractivity contribution < 1.29 is 20.4 Å². The molecule has 4 nitrogen and oxygen atoms in total. The zero-order valence-electron chi connectivity index (χ0n) is 6.19. The predicted octanol–water partition coefficient (Wildman–Crippen LogP) is -0.636. The number of rotatable bonds is 1. The third-order valence-corrected chi connectivity index (χ3v) is 2.10. The van der Waals surface area contributed by atoms with Crippen LogP contribution in [0.1, 0.15) is 19.3 Å². The first-order valence-electron chi connectivity index (χ1n) is 3.67. The molecule has 0 aromatic carbocycles. The summed E-state index contributed by atoms with van der Waals surface area (Å²) in [5, 5.41) is 35.8. The summed E-state index contributed by atoms with van der Waals surface area (Å²) >= 11 is 0. The molecule has 0 aliphatic heterocycles. The quantitative estimate of drug-likeness (QED) is 0.386. The molecule has 65 valence electrons. The molecule has 1 saturated carbocycles. The maximum atomic E-state index is 9.04. The van der Waals surface area contributed by atoms with Crippen molar-refractivity contribution in [1.82, 2.24) is 0 Å². The van der Waals surface area contributed by atoms with E-state index in [1.54, 1.807) is 0 Å². The van der Waals surface area contributed by atoms with Crippen LogP contribution in [0.25, 0.3) is 0 Å². The smallest absolute Gasteiger partial charge is 0.195 e. The van der Waals surface area contributed by atoms with E-state index in [1.807, 2.05) is 0 Å². The van der Waals surface area contributed by atoms with Crippen LogP contribution in [0.15, 0.2) is 0 Å². The molecule has 1 rings (SSSR count). The normalized spacial score (nSPS) is 32.2. The lowest BCUT2D eigenvalue weighted by molar-refractivity contribution is -0.203. The van der Waals surface area contributed by atoms with E-state index >= 15 is 0 Å². The average molecular weight is 161 g/mol. The van der Waals surface area contributed by atoms with Crippen molar-refractivity contribution in [3.63, 3.8) is 0 Å². The average Bonchev–Trinajstić information content (AvgIpc) is 1.95. The summed E-state index contributed by atoms with van der Waals surface area (Å²) in [7, 11) is 0. The second-order valence-corrected chi connectivity index (χ2v) is 3.05. The molecule has 0 bridgehead atoms. The maximum absolute atomic E-state index is 9.04. The summed E-state index contributed by atoms with van der Waals surface area (Å²) in [6, 6.07) is 0. The van der Waals surface area contributed by atoms with Gasteiger partial charge in [0.25, 0.3) is 0 Å². The van der Waals surface area contributed by atoms with Gasteiger partial charge in [0, 0.05) is 13.0 Å². The van der Waals surface area contributed by atoms with Gasteiger partial charge in [0.05, 0.1) is 0 Å². The van der Waals surface area contributed by atoms with E-state index in [0.29, 0.717) is 6.42 Å². The van der Waals surface area contributed by atoms with E-state index in [0.717, 1.165) is 0 Å². The highest BCUT2D eigenvalue weighted by Crippen LogP contribution is 2.34. The Balaban J connectivity index is 2.48. The van der Waals surface area contributed by atoms with Gasteiger partial charge >= 0.3 is 0 Å². The lowest BCUT2D eigenvalue weighted by Gasteiger charge is -2.34. The fourth-order valence-electron chi connectivity index (χ4n) is 1.24. The molecule has 1 fully saturated rings. The van der Waals surface area contributed by atoms with Gasteiger partial charge in [-0.3, -0.25) is 0 Å². The predicted molar refractivity (Wildman–Crippen MR) is 36.8 cm³/mol. The van der Waals surface area contributed by atoms with Crippen LogP contribution in [-0.2, 0) is 0 Å². The summed E-state index contributed by atoms with van der Waals surface area (Å²) in [6.07, 6.45) is 0.490. The summed E-state index contributed by atoms with van der Waals surface area (Å²) in [4.78, 5) is 0. The number of hydrogen-bond donors (Lipinski definition) is 4. The van der Waals surface area contributed by atoms with Crippen molar-refractivity contribution in [2.75, 3.05) is 6.61 Å². The van der Waals surface area contributed by atoms with E-state index in [-0.39, 0.29) is 31.5 Å². The van der Waals surface area contributed by atoms with Gasteiger partial charge in [-0.2, -0.15) is 0 Å². The van der Waals surface area contributed by atoms with Gasteiger partial charge in [0.2, 0.25) is 0 Å². The number of aliphatic hydroxyl groups excluding tert-OH is 2. The van der Waals surface area contributed by atoms with Crippen LogP contribution in [0.2, 0.25) is 0 Å². The minimum atomic E-state index is -2.02. The van der Waals surface area contributed by atoms with E-state index in [4.69, 9.17) is 20.4 Å². The Morgan fingerprint density at radius 2 is 2.09 bits per heavy atom. The first-order valence-corrected chi connectivity index (χ1v) is 3.67. The Morgan fingerprint density at radius 3 is 2.55 bits per heavy atom. The third-order valence-electron chi connectivity index (χ3n) is 2.10. The molecule has 0 aromatic heterocycles. The van der Waals surface area contributed by atoms with Crippen LogP contribution < -0.4 is 0 Å². The maximum Gasteiger partial charge on any atom is 0.195 e. The van der Waals surface area contributed by atoms with Crippen LogP contribution in [0.4, 0.5) is 0 Å². The first-order chi connectivity index (χ1) is 5.06. The fourth-order valence-corrected chi connectivity index (χ4v) is 1.24. The van der Waals surface area contributed by atoms with Gasteiger partial charge in [0.15, 0.2) is 11.9 Å². The molecule has 1 aliphatic carbocycles. The topological polar surface area (TPSA) is 80.9 Å². The third kappa shape index (κ3) is 1.90. The molecule has 0 heterocycles. The van der Waals surface area contributed by atoms with E-state index < -0.39 is 5.79 Å². The molecule has 0 amide bonds. The molecule has 11 heavy (non-hydrogen) atoms. The largest absolute Gasteiger partial charge is 0.396 e. The molecule has 1 aliphatic rings. The standard InChI is InChI=1S/C7H13O4/c8-4-5-1-2-7(10,11)6(9)3-5/h5,8-11H,1-4H2. The van der Waals surface area contributed by atoms with Crippen molar-refractivity contribution in [2.24, 2.45) is 5.92 Å². The van der Waals surface area contributed by atoms with Crippen molar-refractivity contribution in [1.29, 1.82) is 0 Å². The summed E-state index contributed by atoms with van der Waals surface area (Å²) in [6.45, 7) is -0.0137. The molecule has 0 spiro atoms. The van der Waals surface area contributed by atoms with Gasteiger partial charge in [-0.1, -0.05) is 0 Å². The van der Waals surface area contributed by atoms with Crippen molar-refractivity contribution in [2.45, 2.75) is 25.0 Å². The van der Waals surface area contributed by atoms with Crippen molar-refractivity contribution in [3.8, 4) is 0 Å². The van der Waals surface area contributed by atoms with Crippen molar-refractivity contribution >= 4 is 0 Å². The first kappa shape index (κ1) is 8.93. The van der Waals surface area contributed by atoms with E-state index in [2.05, 4.69) is 0 Å². The van der Waals surface area contributed by atoms with Gasteiger partial charge in [-0.15, -0.1) is 0 Å². The van der Waals surface area contributed by atoms with Gasteiger partial charge < -0.3 is 20.4 Å². The molecule has 4 N–H and O–H groups in total. The molecule has 1 atom stereocenters. The van der Waals surface area contributed by atoms with Gasteiger partial charge in [0.1, 0.15) is 0 Å².